The number of fused-ring (bicyclic) bond motifs is 2. The van der Waals surface area contributed by atoms with Gasteiger partial charge in [0, 0.05) is 13.1 Å². The van der Waals surface area contributed by atoms with E-state index in [-0.39, 0.29) is 9.79 Å². The summed E-state index contributed by atoms with van der Waals surface area (Å²) in [7, 11) is -8.63. The highest BCUT2D eigenvalue weighted by Crippen LogP contribution is 2.23. The molecular formula is C24H26N6O6S4. The molecule has 12 nitrogen and oxygen atoms in total. The maximum atomic E-state index is 11.4. The maximum absolute atomic E-state index is 11.4. The van der Waals surface area contributed by atoms with E-state index >= 15 is 0 Å². The highest BCUT2D eigenvalue weighted by atomic mass is 32.2. The van der Waals surface area contributed by atoms with Crippen molar-refractivity contribution in [2.24, 2.45) is 10.2 Å². The molecule has 5 aromatic rings. The van der Waals surface area contributed by atoms with E-state index in [9.17, 15) is 25.9 Å². The first kappa shape index (κ1) is 29.4. The summed E-state index contributed by atoms with van der Waals surface area (Å²) in [6.07, 6.45) is 0. The van der Waals surface area contributed by atoms with Gasteiger partial charge in [0.05, 0.1) is 41.6 Å². The number of thiazole rings is 2. The lowest BCUT2D eigenvalue weighted by Gasteiger charge is -2.01. The number of hydrogen-bond acceptors (Lipinski definition) is 10. The zero-order valence-electron chi connectivity index (χ0n) is 21.3. The second kappa shape index (κ2) is 11.5. The first-order chi connectivity index (χ1) is 18.8. The summed E-state index contributed by atoms with van der Waals surface area (Å²) in [6, 6.07) is 15.9. The lowest BCUT2D eigenvalue weighted by atomic mass is 10.3. The number of nitrogens with two attached hydrogens (primary N) is 2. The van der Waals surface area contributed by atoms with Crippen molar-refractivity contribution in [1.29, 1.82) is 0 Å². The SMILES string of the molecule is CCn1c(=NN=c2sc3cc(S(=O)(=O)O)ccc3n2CC)sc2cc(S(=O)(=O)O)ccc21.Nc1ccccc1N. The van der Waals surface area contributed by atoms with E-state index in [1.54, 1.807) is 24.3 Å². The number of aryl methyl sites for hydroxylation is 2. The third kappa shape index (κ3) is 6.27. The quantitative estimate of drug-likeness (QED) is 0.130. The Kier molecular flexibility index (Phi) is 8.48. The third-order valence-corrected chi connectivity index (χ3v) is 9.52. The molecule has 0 amide bonds. The molecule has 0 saturated heterocycles. The standard InChI is InChI=1S/C18H18N4O6S4.C6H8N2/c1-3-21-13-7-5-11(31(23,24)25)9-15(13)29-17(21)19-20-18-22(4-2)14-8-6-12(32(26,27)28)10-16(14)30-18;7-5-3-1-2-4-6(5)8/h5-10H,3-4H2,1-2H3,(H,23,24,25)(H,26,27,28);1-4H,7-8H2. The number of para-hydroxylation sites is 2. The van der Waals surface area contributed by atoms with Crippen LogP contribution in [0, 0.1) is 0 Å². The van der Waals surface area contributed by atoms with E-state index in [1.165, 1.54) is 46.9 Å². The summed E-state index contributed by atoms with van der Waals surface area (Å²) in [6.45, 7) is 4.98. The van der Waals surface area contributed by atoms with Crippen LogP contribution in [-0.4, -0.2) is 35.1 Å². The van der Waals surface area contributed by atoms with E-state index in [4.69, 9.17) is 11.5 Å². The lowest BCUT2D eigenvalue weighted by Crippen LogP contribution is -2.16. The molecule has 0 aliphatic heterocycles. The summed E-state index contributed by atoms with van der Waals surface area (Å²) in [5.74, 6) is 0. The molecule has 16 heteroatoms. The number of anilines is 2. The Labute approximate surface area is 237 Å². The predicted octanol–water partition coefficient (Wildman–Crippen LogP) is 3.52. The number of hydrogen-bond donors (Lipinski definition) is 4. The molecule has 0 unspecified atom stereocenters. The van der Waals surface area contributed by atoms with Crippen LogP contribution in [0.2, 0.25) is 0 Å². The molecule has 0 atom stereocenters. The average molecular weight is 623 g/mol. The zero-order valence-corrected chi connectivity index (χ0v) is 24.6. The minimum atomic E-state index is -4.32. The second-order valence-corrected chi connectivity index (χ2v) is 13.2. The van der Waals surface area contributed by atoms with Gasteiger partial charge in [-0.3, -0.25) is 9.11 Å². The van der Waals surface area contributed by atoms with Gasteiger partial charge in [-0.25, -0.2) is 0 Å². The molecule has 0 saturated carbocycles. The fraction of sp³-hybridized carbons (Fsp3) is 0.167. The van der Waals surface area contributed by atoms with Crippen LogP contribution in [0.1, 0.15) is 13.8 Å². The van der Waals surface area contributed by atoms with Gasteiger partial charge in [0.15, 0.2) is 0 Å². The van der Waals surface area contributed by atoms with Crippen LogP contribution in [0.3, 0.4) is 0 Å². The summed E-state index contributed by atoms with van der Waals surface area (Å²) in [4.78, 5) is 0.685. The van der Waals surface area contributed by atoms with Gasteiger partial charge in [-0.2, -0.15) is 16.8 Å². The molecule has 0 aliphatic carbocycles. The predicted molar refractivity (Wildman–Crippen MR) is 157 cm³/mol. The Morgan fingerprint density at radius 2 is 1.07 bits per heavy atom. The molecule has 0 bridgehead atoms. The van der Waals surface area contributed by atoms with E-state index in [1.807, 2.05) is 35.1 Å². The molecule has 40 heavy (non-hydrogen) atoms. The van der Waals surface area contributed by atoms with Crippen LogP contribution in [0.25, 0.3) is 20.4 Å². The van der Waals surface area contributed by atoms with Crippen LogP contribution in [0.15, 0.2) is 80.7 Å². The Balaban J connectivity index is 0.000000398. The first-order valence-electron chi connectivity index (χ1n) is 11.7. The van der Waals surface area contributed by atoms with Crippen LogP contribution in [0.5, 0.6) is 0 Å². The number of benzene rings is 3. The molecule has 5 rings (SSSR count). The number of aromatic nitrogens is 2. The smallest absolute Gasteiger partial charge is 0.294 e. The minimum absolute atomic E-state index is 0.194. The molecule has 2 aromatic heterocycles. The summed E-state index contributed by atoms with van der Waals surface area (Å²) in [5, 5.41) is 8.74. The number of rotatable bonds is 5. The molecule has 0 spiro atoms. The van der Waals surface area contributed by atoms with Crippen molar-refractivity contribution in [3.05, 3.63) is 70.3 Å². The second-order valence-electron chi connectivity index (χ2n) is 8.30. The van der Waals surface area contributed by atoms with Crippen molar-refractivity contribution in [3.8, 4) is 0 Å². The van der Waals surface area contributed by atoms with Crippen molar-refractivity contribution < 1.29 is 25.9 Å². The number of nitrogens with zero attached hydrogens (tertiary/aromatic N) is 4. The van der Waals surface area contributed by atoms with Crippen molar-refractivity contribution in [2.75, 3.05) is 11.5 Å². The van der Waals surface area contributed by atoms with Crippen molar-refractivity contribution in [2.45, 2.75) is 36.7 Å². The molecular weight excluding hydrogens is 597 g/mol. The highest BCUT2D eigenvalue weighted by molar-refractivity contribution is 7.86. The molecule has 0 fully saturated rings. The maximum Gasteiger partial charge on any atom is 0.294 e. The fourth-order valence-electron chi connectivity index (χ4n) is 3.79. The molecule has 0 aliphatic rings. The van der Waals surface area contributed by atoms with E-state index in [2.05, 4.69) is 10.2 Å². The normalized spacial score (nSPS) is 13.1. The topological polar surface area (TPSA) is 195 Å². The average Bonchev–Trinajstić information content (AvgIpc) is 3.44. The monoisotopic (exact) mass is 622 g/mol. The van der Waals surface area contributed by atoms with Gasteiger partial charge in [-0.15, -0.1) is 10.2 Å². The molecule has 212 valence electrons. The molecule has 3 aromatic carbocycles. The van der Waals surface area contributed by atoms with Crippen molar-refractivity contribution in [3.63, 3.8) is 0 Å². The van der Waals surface area contributed by atoms with Crippen LogP contribution >= 0.6 is 22.7 Å². The number of nitrogen functional groups attached to an aromatic ring is 2. The van der Waals surface area contributed by atoms with Crippen LogP contribution in [-0.2, 0) is 33.3 Å². The molecule has 6 N–H and O–H groups in total. The van der Waals surface area contributed by atoms with Gasteiger partial charge in [-0.1, -0.05) is 34.8 Å². The van der Waals surface area contributed by atoms with Crippen molar-refractivity contribution >= 4 is 74.7 Å². The van der Waals surface area contributed by atoms with Crippen LogP contribution in [0.4, 0.5) is 11.4 Å². The Morgan fingerprint density at radius 3 is 1.38 bits per heavy atom. The van der Waals surface area contributed by atoms with Gasteiger partial charge in [0.2, 0.25) is 9.60 Å². The molecule has 0 radical (unpaired) electrons. The zero-order chi connectivity index (χ0) is 29.2. The largest absolute Gasteiger partial charge is 0.397 e. The van der Waals surface area contributed by atoms with Gasteiger partial charge in [0.1, 0.15) is 0 Å². The van der Waals surface area contributed by atoms with Gasteiger partial charge in [-0.05, 0) is 62.4 Å². The lowest BCUT2D eigenvalue weighted by molar-refractivity contribution is 0.481. The van der Waals surface area contributed by atoms with E-state index < -0.39 is 20.2 Å². The van der Waals surface area contributed by atoms with Gasteiger partial charge < -0.3 is 20.6 Å². The van der Waals surface area contributed by atoms with Crippen molar-refractivity contribution in [1.82, 2.24) is 9.13 Å². The Morgan fingerprint density at radius 1 is 0.700 bits per heavy atom. The Bertz CT molecular complexity index is 1920. The summed E-state index contributed by atoms with van der Waals surface area (Å²) in [5.41, 5.74) is 13.6. The van der Waals surface area contributed by atoms with Crippen LogP contribution < -0.4 is 21.1 Å². The Hall–Kier alpha value is -3.54. The van der Waals surface area contributed by atoms with Gasteiger partial charge >= 0.3 is 0 Å². The van der Waals surface area contributed by atoms with E-state index in [0.717, 1.165) is 11.0 Å². The minimum Gasteiger partial charge on any atom is -0.397 e. The third-order valence-electron chi connectivity index (χ3n) is 5.75. The highest BCUT2D eigenvalue weighted by Gasteiger charge is 2.14. The molecule has 2 heterocycles. The summed E-state index contributed by atoms with van der Waals surface area (Å²) < 4.78 is 69.4. The first-order valence-corrected chi connectivity index (χ1v) is 16.2. The summed E-state index contributed by atoms with van der Waals surface area (Å²) >= 11 is 2.47. The fourth-order valence-corrected chi connectivity index (χ4v) is 7.12. The van der Waals surface area contributed by atoms with Gasteiger partial charge in [0.25, 0.3) is 20.2 Å². The van der Waals surface area contributed by atoms with E-state index in [0.29, 0.717) is 43.5 Å².